The molecule has 0 aliphatic heterocycles. The number of anilines is 1. The minimum Gasteiger partial charge on any atom is -0.384 e. The molecule has 4 nitrogen and oxygen atoms in total. The molecule has 2 heterocycles. The van der Waals surface area contributed by atoms with Crippen LogP contribution >= 0.6 is 15.9 Å². The lowest BCUT2D eigenvalue weighted by Crippen LogP contribution is -2.12. The Hall–Kier alpha value is -1.36. The summed E-state index contributed by atoms with van der Waals surface area (Å²) in [6, 6.07) is 5.68. The Morgan fingerprint density at radius 1 is 1.29 bits per heavy atom. The average Bonchev–Trinajstić information content (AvgIpc) is 2.61. The predicted molar refractivity (Wildman–Crippen MR) is 72.2 cm³/mol. The van der Waals surface area contributed by atoms with Crippen molar-refractivity contribution in [3.8, 4) is 5.82 Å². The first-order valence-corrected chi connectivity index (χ1v) is 6.15. The molecule has 0 aliphatic rings. The number of halogens is 1. The number of rotatable bonds is 1. The van der Waals surface area contributed by atoms with Crippen molar-refractivity contribution in [2.45, 2.75) is 26.2 Å². The van der Waals surface area contributed by atoms with Gasteiger partial charge in [0.25, 0.3) is 0 Å². The minimum atomic E-state index is -0.0191. The van der Waals surface area contributed by atoms with Gasteiger partial charge in [-0.25, -0.2) is 4.98 Å². The highest BCUT2D eigenvalue weighted by Gasteiger charge is 2.19. The third kappa shape index (κ3) is 2.49. The Balaban J connectivity index is 2.46. The summed E-state index contributed by atoms with van der Waals surface area (Å²) in [4.78, 5) is 4.28. The van der Waals surface area contributed by atoms with Gasteiger partial charge in [-0.15, -0.1) is 0 Å². The third-order valence-corrected chi connectivity index (χ3v) is 2.90. The SMILES string of the molecule is CC(C)(C)c1cc(N)n(-c2ccc(Br)cn2)n1. The molecule has 0 unspecified atom stereocenters. The van der Waals surface area contributed by atoms with Gasteiger partial charge in [-0.3, -0.25) is 0 Å². The van der Waals surface area contributed by atoms with Gasteiger partial charge in [0, 0.05) is 22.2 Å². The predicted octanol–water partition coefficient (Wildman–Crippen LogP) is 2.91. The van der Waals surface area contributed by atoms with Crippen LogP contribution < -0.4 is 5.73 Å². The van der Waals surface area contributed by atoms with Crippen molar-refractivity contribution in [3.63, 3.8) is 0 Å². The maximum absolute atomic E-state index is 5.96. The van der Waals surface area contributed by atoms with E-state index >= 15 is 0 Å². The average molecular weight is 295 g/mol. The number of hydrogen-bond acceptors (Lipinski definition) is 3. The summed E-state index contributed by atoms with van der Waals surface area (Å²) < 4.78 is 2.59. The number of pyridine rings is 1. The largest absolute Gasteiger partial charge is 0.384 e. The van der Waals surface area contributed by atoms with Crippen LogP contribution in [0, 0.1) is 0 Å². The third-order valence-electron chi connectivity index (χ3n) is 2.43. The molecule has 0 aromatic carbocycles. The molecule has 0 saturated heterocycles. The molecule has 2 N–H and O–H groups in total. The molecular formula is C12H15BrN4. The molecule has 17 heavy (non-hydrogen) atoms. The van der Waals surface area contributed by atoms with Crippen LogP contribution in [-0.2, 0) is 5.41 Å². The number of aromatic nitrogens is 3. The van der Waals surface area contributed by atoms with Gasteiger partial charge in [-0.1, -0.05) is 20.8 Å². The van der Waals surface area contributed by atoms with E-state index < -0.39 is 0 Å². The molecule has 0 atom stereocenters. The normalized spacial score (nSPS) is 11.8. The monoisotopic (exact) mass is 294 g/mol. The quantitative estimate of drug-likeness (QED) is 0.880. The molecule has 2 aromatic heterocycles. The fourth-order valence-electron chi connectivity index (χ4n) is 1.44. The summed E-state index contributed by atoms with van der Waals surface area (Å²) in [7, 11) is 0. The van der Waals surface area contributed by atoms with Gasteiger partial charge in [0.05, 0.1) is 5.69 Å². The van der Waals surface area contributed by atoms with Gasteiger partial charge in [-0.05, 0) is 28.1 Å². The molecular weight excluding hydrogens is 280 g/mol. The summed E-state index contributed by atoms with van der Waals surface area (Å²) in [6.07, 6.45) is 1.73. The second-order valence-corrected chi connectivity index (χ2v) is 5.87. The zero-order chi connectivity index (χ0) is 12.6. The molecule has 2 aromatic rings. The minimum absolute atomic E-state index is 0.0191. The fraction of sp³-hybridized carbons (Fsp3) is 0.333. The van der Waals surface area contributed by atoms with Gasteiger partial charge in [0.15, 0.2) is 5.82 Å². The van der Waals surface area contributed by atoms with E-state index in [1.807, 2.05) is 18.2 Å². The van der Waals surface area contributed by atoms with Crippen LogP contribution in [0.15, 0.2) is 28.9 Å². The van der Waals surface area contributed by atoms with Gasteiger partial charge >= 0.3 is 0 Å². The molecule has 5 heteroatoms. The van der Waals surface area contributed by atoms with E-state index in [9.17, 15) is 0 Å². The van der Waals surface area contributed by atoms with Crippen molar-refractivity contribution < 1.29 is 0 Å². The number of nitrogens with two attached hydrogens (primary N) is 1. The van der Waals surface area contributed by atoms with Gasteiger partial charge in [0.2, 0.25) is 0 Å². The summed E-state index contributed by atoms with van der Waals surface area (Å²) in [6.45, 7) is 6.32. The van der Waals surface area contributed by atoms with Crippen LogP contribution in [0.4, 0.5) is 5.82 Å². The van der Waals surface area contributed by atoms with Crippen molar-refractivity contribution >= 4 is 21.7 Å². The molecule has 2 rings (SSSR count). The first kappa shape index (κ1) is 12.1. The van der Waals surface area contributed by atoms with Crippen molar-refractivity contribution in [3.05, 3.63) is 34.6 Å². The zero-order valence-electron chi connectivity index (χ0n) is 10.1. The first-order chi connectivity index (χ1) is 7.88. The molecule has 0 aliphatic carbocycles. The Labute approximate surface area is 109 Å². The van der Waals surface area contributed by atoms with E-state index in [0.717, 1.165) is 16.0 Å². The van der Waals surface area contributed by atoms with Crippen LogP contribution in [-0.4, -0.2) is 14.8 Å². The van der Waals surface area contributed by atoms with E-state index in [-0.39, 0.29) is 5.41 Å². The lowest BCUT2D eigenvalue weighted by molar-refractivity contribution is 0.559. The van der Waals surface area contributed by atoms with E-state index in [4.69, 9.17) is 5.73 Å². The van der Waals surface area contributed by atoms with Crippen LogP contribution in [0.2, 0.25) is 0 Å². The number of nitrogens with zero attached hydrogens (tertiary/aromatic N) is 3. The summed E-state index contributed by atoms with van der Waals surface area (Å²) in [5, 5.41) is 4.49. The Morgan fingerprint density at radius 2 is 2.00 bits per heavy atom. The molecule has 0 saturated carbocycles. The molecule has 90 valence electrons. The number of nitrogen functional groups attached to an aromatic ring is 1. The van der Waals surface area contributed by atoms with Crippen LogP contribution in [0.3, 0.4) is 0 Å². The fourth-order valence-corrected chi connectivity index (χ4v) is 1.67. The van der Waals surface area contributed by atoms with E-state index in [2.05, 4.69) is 46.8 Å². The Morgan fingerprint density at radius 3 is 2.47 bits per heavy atom. The van der Waals surface area contributed by atoms with Crippen molar-refractivity contribution in [1.82, 2.24) is 14.8 Å². The highest BCUT2D eigenvalue weighted by Crippen LogP contribution is 2.24. The summed E-state index contributed by atoms with van der Waals surface area (Å²) in [5.41, 5.74) is 6.90. The molecule has 0 fully saturated rings. The smallest absolute Gasteiger partial charge is 0.155 e. The summed E-state index contributed by atoms with van der Waals surface area (Å²) in [5.74, 6) is 1.32. The van der Waals surface area contributed by atoms with Gasteiger partial charge in [0.1, 0.15) is 5.82 Å². The molecule has 0 radical (unpaired) electrons. The Kier molecular flexibility index (Phi) is 2.95. The van der Waals surface area contributed by atoms with Gasteiger partial charge in [-0.2, -0.15) is 9.78 Å². The maximum atomic E-state index is 5.96. The zero-order valence-corrected chi connectivity index (χ0v) is 11.7. The highest BCUT2D eigenvalue weighted by atomic mass is 79.9. The topological polar surface area (TPSA) is 56.7 Å². The van der Waals surface area contributed by atoms with Crippen LogP contribution in [0.5, 0.6) is 0 Å². The lowest BCUT2D eigenvalue weighted by atomic mass is 9.92. The van der Waals surface area contributed by atoms with Crippen LogP contribution in [0.25, 0.3) is 5.82 Å². The Bertz CT molecular complexity index is 522. The van der Waals surface area contributed by atoms with Crippen molar-refractivity contribution in [2.75, 3.05) is 5.73 Å². The van der Waals surface area contributed by atoms with E-state index in [1.54, 1.807) is 10.9 Å². The molecule has 0 bridgehead atoms. The van der Waals surface area contributed by atoms with Gasteiger partial charge < -0.3 is 5.73 Å². The van der Waals surface area contributed by atoms with E-state index in [1.165, 1.54) is 0 Å². The number of hydrogen-bond donors (Lipinski definition) is 1. The van der Waals surface area contributed by atoms with Crippen LogP contribution in [0.1, 0.15) is 26.5 Å². The van der Waals surface area contributed by atoms with Crippen molar-refractivity contribution in [2.24, 2.45) is 0 Å². The molecule has 0 spiro atoms. The maximum Gasteiger partial charge on any atom is 0.155 e. The summed E-state index contributed by atoms with van der Waals surface area (Å²) >= 11 is 3.35. The second-order valence-electron chi connectivity index (χ2n) is 4.95. The standard InChI is InChI=1S/C12H15BrN4/c1-12(2,3)9-6-10(14)17(16-9)11-5-4-8(13)7-15-11/h4-7H,14H2,1-3H3. The second kappa shape index (κ2) is 4.14. The lowest BCUT2D eigenvalue weighted by Gasteiger charge is -2.13. The first-order valence-electron chi connectivity index (χ1n) is 5.36. The highest BCUT2D eigenvalue weighted by molar-refractivity contribution is 9.10. The molecule has 0 amide bonds. The van der Waals surface area contributed by atoms with Crippen molar-refractivity contribution in [1.29, 1.82) is 0 Å². The van der Waals surface area contributed by atoms with E-state index in [0.29, 0.717) is 5.82 Å².